The van der Waals surface area contributed by atoms with Gasteiger partial charge in [-0.2, -0.15) is 0 Å². The van der Waals surface area contributed by atoms with Gasteiger partial charge in [-0.3, -0.25) is 4.90 Å². The van der Waals surface area contributed by atoms with Crippen LogP contribution in [0.5, 0.6) is 0 Å². The maximum atomic E-state index is 8.71. The molecule has 2 rings (SSSR count). The summed E-state index contributed by atoms with van der Waals surface area (Å²) in [5.74, 6) is 6.00. The zero-order valence-electron chi connectivity index (χ0n) is 12.4. The Morgan fingerprint density at radius 1 is 1.14 bits per heavy atom. The highest BCUT2D eigenvalue weighted by molar-refractivity contribution is 7.09. The molecule has 0 radical (unpaired) electrons. The van der Waals surface area contributed by atoms with Crippen molar-refractivity contribution < 1.29 is 5.11 Å². The van der Waals surface area contributed by atoms with E-state index >= 15 is 0 Å². The van der Waals surface area contributed by atoms with Crippen molar-refractivity contribution in [3.63, 3.8) is 0 Å². The van der Waals surface area contributed by atoms with Crippen LogP contribution in [0.15, 0.2) is 41.8 Å². The Morgan fingerprint density at radius 2 is 1.95 bits per heavy atom. The van der Waals surface area contributed by atoms with Gasteiger partial charge in [-0.15, -0.1) is 11.3 Å². The van der Waals surface area contributed by atoms with Crippen LogP contribution in [0, 0.1) is 11.8 Å². The average Bonchev–Trinajstić information content (AvgIpc) is 3.01. The van der Waals surface area contributed by atoms with Crippen LogP contribution in [0.3, 0.4) is 0 Å². The quantitative estimate of drug-likeness (QED) is 0.825. The second-order valence-corrected chi connectivity index (χ2v) is 5.89. The zero-order chi connectivity index (χ0) is 14.9. The van der Waals surface area contributed by atoms with Crippen molar-refractivity contribution in [1.29, 1.82) is 0 Å². The van der Waals surface area contributed by atoms with Crippen LogP contribution < -0.4 is 0 Å². The van der Waals surface area contributed by atoms with Gasteiger partial charge in [-0.1, -0.05) is 37.0 Å². The molecule has 0 saturated heterocycles. The lowest BCUT2D eigenvalue weighted by atomic mass is 10.1. The molecular formula is C18H21NOS. The van der Waals surface area contributed by atoms with Gasteiger partial charge in [0.05, 0.1) is 6.61 Å². The topological polar surface area (TPSA) is 23.5 Å². The Kier molecular flexibility index (Phi) is 6.49. The van der Waals surface area contributed by atoms with E-state index in [0.29, 0.717) is 6.42 Å². The summed E-state index contributed by atoms with van der Waals surface area (Å²) < 4.78 is 0. The second-order valence-electron chi connectivity index (χ2n) is 4.85. The monoisotopic (exact) mass is 299 g/mol. The lowest BCUT2D eigenvalue weighted by Gasteiger charge is -2.19. The van der Waals surface area contributed by atoms with Gasteiger partial charge in [0, 0.05) is 30.0 Å². The molecule has 0 bridgehead atoms. The van der Waals surface area contributed by atoms with Crippen molar-refractivity contribution in [2.45, 2.75) is 26.4 Å². The SMILES string of the molecule is CCN(Cc1ccc(C#CCCO)cc1)Cc1cccs1. The fourth-order valence-electron chi connectivity index (χ4n) is 2.07. The minimum Gasteiger partial charge on any atom is -0.395 e. The molecule has 0 fully saturated rings. The van der Waals surface area contributed by atoms with Gasteiger partial charge in [0.1, 0.15) is 0 Å². The summed E-state index contributed by atoms with van der Waals surface area (Å²) >= 11 is 1.81. The van der Waals surface area contributed by atoms with Gasteiger partial charge in [0.2, 0.25) is 0 Å². The van der Waals surface area contributed by atoms with Crippen molar-refractivity contribution in [2.75, 3.05) is 13.2 Å². The van der Waals surface area contributed by atoms with Crippen molar-refractivity contribution in [3.05, 3.63) is 57.8 Å². The first kappa shape index (κ1) is 15.8. The molecule has 0 aliphatic rings. The van der Waals surface area contributed by atoms with Gasteiger partial charge >= 0.3 is 0 Å². The molecule has 2 aromatic rings. The molecule has 1 heterocycles. The summed E-state index contributed by atoms with van der Waals surface area (Å²) in [6, 6.07) is 12.7. The molecule has 110 valence electrons. The Balaban J connectivity index is 1.93. The van der Waals surface area contributed by atoms with E-state index in [2.05, 4.69) is 65.4 Å². The third-order valence-electron chi connectivity index (χ3n) is 3.24. The number of rotatable bonds is 6. The first-order valence-electron chi connectivity index (χ1n) is 7.25. The third kappa shape index (κ3) is 5.35. The Bertz CT molecular complexity index is 578. The maximum Gasteiger partial charge on any atom is 0.0540 e. The molecule has 1 aromatic heterocycles. The van der Waals surface area contributed by atoms with Crippen LogP contribution in [0.1, 0.15) is 29.3 Å². The number of hydrogen-bond donors (Lipinski definition) is 1. The number of aliphatic hydroxyl groups is 1. The highest BCUT2D eigenvalue weighted by atomic mass is 32.1. The molecule has 1 aromatic carbocycles. The van der Waals surface area contributed by atoms with Gasteiger partial charge in [-0.25, -0.2) is 0 Å². The maximum absolute atomic E-state index is 8.71. The van der Waals surface area contributed by atoms with Crippen molar-refractivity contribution in [1.82, 2.24) is 4.90 Å². The normalized spacial score (nSPS) is 10.4. The number of aliphatic hydroxyl groups excluding tert-OH is 1. The van der Waals surface area contributed by atoms with E-state index in [1.165, 1.54) is 10.4 Å². The predicted molar refractivity (Wildman–Crippen MR) is 89.1 cm³/mol. The molecule has 21 heavy (non-hydrogen) atoms. The fraction of sp³-hybridized carbons (Fsp3) is 0.333. The minimum atomic E-state index is 0.124. The molecule has 1 N–H and O–H groups in total. The van der Waals surface area contributed by atoms with E-state index in [4.69, 9.17) is 5.11 Å². The van der Waals surface area contributed by atoms with Crippen molar-refractivity contribution in [2.24, 2.45) is 0 Å². The smallest absolute Gasteiger partial charge is 0.0540 e. The number of hydrogen-bond acceptors (Lipinski definition) is 3. The largest absolute Gasteiger partial charge is 0.395 e. The fourth-order valence-corrected chi connectivity index (χ4v) is 2.82. The van der Waals surface area contributed by atoms with Gasteiger partial charge in [-0.05, 0) is 35.7 Å². The Hall–Kier alpha value is -1.60. The zero-order valence-corrected chi connectivity index (χ0v) is 13.2. The molecule has 0 aliphatic carbocycles. The van der Waals surface area contributed by atoms with E-state index in [-0.39, 0.29) is 6.61 Å². The molecular weight excluding hydrogens is 278 g/mol. The van der Waals surface area contributed by atoms with Gasteiger partial charge in [0.25, 0.3) is 0 Å². The highest BCUT2D eigenvalue weighted by Crippen LogP contribution is 2.14. The van der Waals surface area contributed by atoms with E-state index in [0.717, 1.165) is 25.2 Å². The summed E-state index contributed by atoms with van der Waals surface area (Å²) in [4.78, 5) is 3.83. The molecule has 0 aliphatic heterocycles. The highest BCUT2D eigenvalue weighted by Gasteiger charge is 2.05. The van der Waals surface area contributed by atoms with Crippen LogP contribution in [-0.4, -0.2) is 23.2 Å². The molecule has 0 spiro atoms. The molecule has 0 atom stereocenters. The van der Waals surface area contributed by atoms with Gasteiger partial charge in [0.15, 0.2) is 0 Å². The molecule has 3 heteroatoms. The Labute approximate surface area is 131 Å². The van der Waals surface area contributed by atoms with E-state index in [9.17, 15) is 0 Å². The first-order chi connectivity index (χ1) is 10.3. The lowest BCUT2D eigenvalue weighted by molar-refractivity contribution is 0.274. The van der Waals surface area contributed by atoms with Crippen LogP contribution >= 0.6 is 11.3 Å². The van der Waals surface area contributed by atoms with Crippen molar-refractivity contribution in [3.8, 4) is 11.8 Å². The number of nitrogens with zero attached hydrogens (tertiary/aromatic N) is 1. The number of thiophene rings is 1. The average molecular weight is 299 g/mol. The summed E-state index contributed by atoms with van der Waals surface area (Å²) in [6.45, 7) is 5.32. The van der Waals surface area contributed by atoms with Crippen molar-refractivity contribution >= 4 is 11.3 Å². The van der Waals surface area contributed by atoms with Crippen LogP contribution in [-0.2, 0) is 13.1 Å². The molecule has 2 nitrogen and oxygen atoms in total. The number of benzene rings is 1. The molecule has 0 amide bonds. The van der Waals surface area contributed by atoms with Crippen LogP contribution in [0.25, 0.3) is 0 Å². The summed E-state index contributed by atoms with van der Waals surface area (Å²) in [5, 5.41) is 10.8. The standard InChI is InChI=1S/C18H21NOS/c1-2-19(15-18-7-5-13-21-18)14-17-10-8-16(9-11-17)6-3-4-12-20/h5,7-11,13,20H,2,4,12,14-15H2,1H3. The minimum absolute atomic E-state index is 0.124. The van der Waals surface area contributed by atoms with E-state index in [1.807, 2.05) is 11.3 Å². The molecule has 0 saturated carbocycles. The lowest BCUT2D eigenvalue weighted by Crippen LogP contribution is -2.21. The first-order valence-corrected chi connectivity index (χ1v) is 8.13. The predicted octanol–water partition coefficient (Wildman–Crippen LogP) is 3.50. The Morgan fingerprint density at radius 3 is 2.57 bits per heavy atom. The molecule has 0 unspecified atom stereocenters. The third-order valence-corrected chi connectivity index (χ3v) is 4.10. The van der Waals surface area contributed by atoms with E-state index in [1.54, 1.807) is 0 Å². The van der Waals surface area contributed by atoms with Crippen LogP contribution in [0.4, 0.5) is 0 Å². The van der Waals surface area contributed by atoms with Gasteiger partial charge < -0.3 is 5.11 Å². The van der Waals surface area contributed by atoms with E-state index < -0.39 is 0 Å². The summed E-state index contributed by atoms with van der Waals surface area (Å²) in [7, 11) is 0. The summed E-state index contributed by atoms with van der Waals surface area (Å²) in [5.41, 5.74) is 2.31. The summed E-state index contributed by atoms with van der Waals surface area (Å²) in [6.07, 6.45) is 0.534. The van der Waals surface area contributed by atoms with Crippen LogP contribution in [0.2, 0.25) is 0 Å². The second kappa shape index (κ2) is 8.63.